The molecule has 7 nitrogen and oxygen atoms in total. The maximum Gasteiger partial charge on any atom is 0.339 e. The highest BCUT2D eigenvalue weighted by molar-refractivity contribution is 7.87. The second kappa shape index (κ2) is 10.5. The number of Topliss-reactive ketones (excluding diaryl/α,β-unsaturated/α-hetero) is 2. The van der Waals surface area contributed by atoms with Crippen LogP contribution >= 0.6 is 0 Å². The van der Waals surface area contributed by atoms with Crippen LogP contribution in [0, 0.1) is 10.8 Å². The molecule has 0 saturated carbocycles. The summed E-state index contributed by atoms with van der Waals surface area (Å²) in [5, 5.41) is 0. The Bertz CT molecular complexity index is 1510. The molecule has 0 unspecified atom stereocenters. The molecule has 0 aromatic heterocycles. The summed E-state index contributed by atoms with van der Waals surface area (Å²) in [6.45, 7) is 11.3. The first-order chi connectivity index (χ1) is 19.3. The summed E-state index contributed by atoms with van der Waals surface area (Å²) in [5.74, 6) is -0.183. The average Bonchev–Trinajstić information content (AvgIpc) is 2.89. The predicted octanol–water partition coefficient (Wildman–Crippen LogP) is 6.56. The molecule has 1 heterocycles. The fraction of sp³-hybridized carbons (Fsp3) is 0.455. The molecule has 1 aliphatic heterocycles. The van der Waals surface area contributed by atoms with Crippen LogP contribution in [0.3, 0.4) is 0 Å². The molecule has 8 heteroatoms. The SMILES string of the molecule is CCCN1C2=C(C(=O)CC(C)(C)C2)C(c2ccc(OS(=O)(=O)c3ccccc3)c(OC)c2)C2=C1CC(C)(C)CC2=O. The number of carbonyl (C=O) groups excluding carboxylic acids is 2. The van der Waals surface area contributed by atoms with E-state index in [0.717, 1.165) is 37.2 Å². The summed E-state index contributed by atoms with van der Waals surface area (Å²) < 4.78 is 37.0. The fourth-order valence-electron chi connectivity index (χ4n) is 6.56. The smallest absolute Gasteiger partial charge is 0.339 e. The Morgan fingerprint density at radius 3 is 1.90 bits per heavy atom. The number of nitrogens with zero attached hydrogens (tertiary/aromatic N) is 1. The number of hydrogen-bond acceptors (Lipinski definition) is 7. The van der Waals surface area contributed by atoms with Crippen molar-refractivity contribution in [1.82, 2.24) is 4.90 Å². The summed E-state index contributed by atoms with van der Waals surface area (Å²) in [6, 6.07) is 12.9. The van der Waals surface area contributed by atoms with E-state index in [0.29, 0.717) is 29.6 Å². The summed E-state index contributed by atoms with van der Waals surface area (Å²) in [5.41, 5.74) is 3.69. The number of hydrogen-bond donors (Lipinski definition) is 0. The van der Waals surface area contributed by atoms with E-state index in [2.05, 4.69) is 39.5 Å². The van der Waals surface area contributed by atoms with E-state index in [4.69, 9.17) is 8.92 Å². The van der Waals surface area contributed by atoms with Crippen molar-refractivity contribution >= 4 is 21.7 Å². The summed E-state index contributed by atoms with van der Waals surface area (Å²) in [6.07, 6.45) is 3.17. The number of rotatable bonds is 7. The minimum absolute atomic E-state index is 0.0323. The molecule has 3 aliphatic rings. The third kappa shape index (κ3) is 5.46. The first-order valence-electron chi connectivity index (χ1n) is 14.2. The van der Waals surface area contributed by atoms with Crippen LogP contribution in [0.4, 0.5) is 0 Å². The van der Waals surface area contributed by atoms with E-state index in [9.17, 15) is 18.0 Å². The van der Waals surface area contributed by atoms with Crippen molar-refractivity contribution in [2.45, 2.75) is 77.5 Å². The average molecular weight is 578 g/mol. The Labute approximate surface area is 243 Å². The van der Waals surface area contributed by atoms with Gasteiger partial charge in [0.25, 0.3) is 0 Å². The van der Waals surface area contributed by atoms with Crippen molar-refractivity contribution in [3.05, 3.63) is 76.6 Å². The van der Waals surface area contributed by atoms with Crippen LogP contribution in [0.2, 0.25) is 0 Å². The molecule has 0 spiro atoms. The quantitative estimate of drug-likeness (QED) is 0.344. The maximum absolute atomic E-state index is 13.9. The lowest BCUT2D eigenvalue weighted by atomic mass is 9.63. The number of ketones is 2. The second-order valence-electron chi connectivity index (χ2n) is 12.9. The van der Waals surface area contributed by atoms with E-state index in [1.165, 1.54) is 19.2 Å². The van der Waals surface area contributed by atoms with E-state index in [-0.39, 0.29) is 38.8 Å². The van der Waals surface area contributed by atoms with Crippen molar-refractivity contribution in [3.8, 4) is 11.5 Å². The molecule has 0 saturated heterocycles. The van der Waals surface area contributed by atoms with Crippen LogP contribution in [0.5, 0.6) is 11.5 Å². The zero-order valence-corrected chi connectivity index (χ0v) is 25.6. The Morgan fingerprint density at radius 2 is 1.39 bits per heavy atom. The zero-order chi connectivity index (χ0) is 29.7. The van der Waals surface area contributed by atoms with Gasteiger partial charge >= 0.3 is 10.1 Å². The van der Waals surface area contributed by atoms with Gasteiger partial charge < -0.3 is 13.8 Å². The van der Waals surface area contributed by atoms with Gasteiger partial charge in [0.15, 0.2) is 23.1 Å². The van der Waals surface area contributed by atoms with Gasteiger partial charge in [-0.15, -0.1) is 0 Å². The first kappa shape index (κ1) is 29.1. The van der Waals surface area contributed by atoms with Crippen LogP contribution in [0.15, 0.2) is 76.0 Å². The first-order valence-corrected chi connectivity index (χ1v) is 15.7. The topological polar surface area (TPSA) is 90.0 Å². The number of benzene rings is 2. The molecule has 0 amide bonds. The summed E-state index contributed by atoms with van der Waals surface area (Å²) in [4.78, 5) is 30.1. The highest BCUT2D eigenvalue weighted by Crippen LogP contribution is 2.55. The standard InChI is InChI=1S/C33H39NO6S/c1-7-15-34-23-17-32(2,3)19-25(35)30(23)29(31-24(34)18-33(4,5)20-26(31)36)21-13-14-27(28(16-21)39-6)40-41(37,38)22-11-9-8-10-12-22/h8-14,16,29H,7,15,17-20H2,1-6H3. The van der Waals surface area contributed by atoms with Crippen LogP contribution < -0.4 is 8.92 Å². The molecule has 0 bridgehead atoms. The lowest BCUT2D eigenvalue weighted by molar-refractivity contribution is -0.119. The molecule has 0 fully saturated rings. The monoisotopic (exact) mass is 577 g/mol. The Hall–Kier alpha value is -3.39. The third-order valence-corrected chi connectivity index (χ3v) is 9.47. The normalized spacial score (nSPS) is 20.6. The lowest BCUT2D eigenvalue weighted by Gasteiger charge is -2.49. The van der Waals surface area contributed by atoms with Crippen LogP contribution in [0.25, 0.3) is 0 Å². The van der Waals surface area contributed by atoms with Gasteiger partial charge in [-0.05, 0) is 59.9 Å². The molecule has 41 heavy (non-hydrogen) atoms. The largest absolute Gasteiger partial charge is 0.493 e. The van der Waals surface area contributed by atoms with Crippen LogP contribution in [-0.4, -0.2) is 38.5 Å². The summed E-state index contributed by atoms with van der Waals surface area (Å²) in [7, 11) is -2.65. The van der Waals surface area contributed by atoms with E-state index < -0.39 is 16.0 Å². The second-order valence-corrected chi connectivity index (χ2v) is 14.5. The number of ether oxygens (including phenoxy) is 1. The van der Waals surface area contributed by atoms with Gasteiger partial charge in [-0.2, -0.15) is 8.42 Å². The predicted molar refractivity (Wildman–Crippen MR) is 157 cm³/mol. The maximum atomic E-state index is 13.9. The molecular weight excluding hydrogens is 538 g/mol. The van der Waals surface area contributed by atoms with Gasteiger partial charge in [0.05, 0.1) is 7.11 Å². The minimum atomic E-state index is -4.09. The van der Waals surface area contributed by atoms with Gasteiger partial charge in [-0.3, -0.25) is 9.59 Å². The van der Waals surface area contributed by atoms with Crippen molar-refractivity contribution in [2.75, 3.05) is 13.7 Å². The Morgan fingerprint density at radius 1 is 0.829 bits per heavy atom. The Kier molecular flexibility index (Phi) is 7.43. The molecule has 2 aliphatic carbocycles. The van der Waals surface area contributed by atoms with Gasteiger partial charge in [0, 0.05) is 47.8 Å². The van der Waals surface area contributed by atoms with E-state index >= 15 is 0 Å². The van der Waals surface area contributed by atoms with Crippen molar-refractivity contribution in [2.24, 2.45) is 10.8 Å². The lowest BCUT2D eigenvalue weighted by Crippen LogP contribution is -2.44. The summed E-state index contributed by atoms with van der Waals surface area (Å²) >= 11 is 0. The fourth-order valence-corrected chi connectivity index (χ4v) is 7.52. The number of carbonyl (C=O) groups is 2. The molecule has 218 valence electrons. The van der Waals surface area contributed by atoms with Crippen molar-refractivity contribution < 1.29 is 26.9 Å². The minimum Gasteiger partial charge on any atom is -0.493 e. The third-order valence-electron chi connectivity index (χ3n) is 8.22. The molecular formula is C33H39NO6S. The molecule has 2 aromatic carbocycles. The van der Waals surface area contributed by atoms with Gasteiger partial charge in [-0.25, -0.2) is 0 Å². The van der Waals surface area contributed by atoms with E-state index in [1.807, 2.05) is 0 Å². The number of allylic oxidation sites excluding steroid dienone is 4. The molecule has 5 rings (SSSR count). The van der Waals surface area contributed by atoms with Crippen molar-refractivity contribution in [3.63, 3.8) is 0 Å². The van der Waals surface area contributed by atoms with Gasteiger partial charge in [-0.1, -0.05) is 58.9 Å². The highest BCUT2D eigenvalue weighted by Gasteiger charge is 2.48. The highest BCUT2D eigenvalue weighted by atomic mass is 32.2. The Balaban J connectivity index is 1.66. The van der Waals surface area contributed by atoms with E-state index in [1.54, 1.807) is 36.4 Å². The molecule has 0 N–H and O–H groups in total. The molecule has 2 aromatic rings. The number of methoxy groups -OCH3 is 1. The molecule has 0 atom stereocenters. The van der Waals surface area contributed by atoms with Gasteiger partial charge in [0.2, 0.25) is 0 Å². The van der Waals surface area contributed by atoms with Crippen LogP contribution in [0.1, 0.15) is 78.2 Å². The molecule has 0 radical (unpaired) electrons. The zero-order valence-electron chi connectivity index (χ0n) is 24.7. The van der Waals surface area contributed by atoms with Crippen molar-refractivity contribution in [1.29, 1.82) is 0 Å². The van der Waals surface area contributed by atoms with Gasteiger partial charge in [0.1, 0.15) is 4.90 Å². The van der Waals surface area contributed by atoms with Crippen LogP contribution in [-0.2, 0) is 19.7 Å².